The molecule has 0 bridgehead atoms. The Morgan fingerprint density at radius 2 is 1.61 bits per heavy atom. The quantitative estimate of drug-likeness (QED) is 0.409. The molecule has 2 aromatic carbocycles. The lowest BCUT2D eigenvalue weighted by Gasteiger charge is -2.14. The Kier molecular flexibility index (Phi) is 5.73. The van der Waals surface area contributed by atoms with Crippen LogP contribution in [0.15, 0.2) is 47.8 Å². The van der Waals surface area contributed by atoms with E-state index in [1.807, 2.05) is 42.6 Å². The van der Waals surface area contributed by atoms with E-state index >= 15 is 0 Å². The fourth-order valence-corrected chi connectivity index (χ4v) is 4.01. The third-order valence-electron chi connectivity index (χ3n) is 4.75. The van der Waals surface area contributed by atoms with Crippen molar-refractivity contribution in [3.05, 3.63) is 64.7 Å². The van der Waals surface area contributed by atoms with E-state index in [0.29, 0.717) is 44.7 Å². The first kappa shape index (κ1) is 20.6. The Bertz CT molecular complexity index is 1230. The summed E-state index contributed by atoms with van der Waals surface area (Å²) in [6.45, 7) is 2.02. The van der Waals surface area contributed by atoms with Crippen LogP contribution >= 0.6 is 11.3 Å². The van der Waals surface area contributed by atoms with Crippen LogP contribution in [0.4, 0.5) is 11.6 Å². The Morgan fingerprint density at radius 1 is 0.935 bits per heavy atom. The molecular formula is C23H21N3O4S. The van der Waals surface area contributed by atoms with E-state index in [4.69, 9.17) is 14.2 Å². The van der Waals surface area contributed by atoms with Gasteiger partial charge in [-0.2, -0.15) is 0 Å². The summed E-state index contributed by atoms with van der Waals surface area (Å²) >= 11 is 1.42. The van der Waals surface area contributed by atoms with Crippen LogP contribution in [0.3, 0.4) is 0 Å². The first-order valence-corrected chi connectivity index (χ1v) is 10.4. The first-order chi connectivity index (χ1) is 15.0. The van der Waals surface area contributed by atoms with Gasteiger partial charge in [-0.3, -0.25) is 4.79 Å². The maximum absolute atomic E-state index is 13.5. The zero-order valence-corrected chi connectivity index (χ0v) is 18.4. The molecule has 0 unspecified atom stereocenters. The molecule has 7 nitrogen and oxygen atoms in total. The number of carbonyl (C=O) groups excluding carboxylic acids is 1. The molecule has 4 rings (SSSR count). The van der Waals surface area contributed by atoms with Crippen LogP contribution in [0.2, 0.25) is 0 Å². The Balaban J connectivity index is 1.79. The predicted molar refractivity (Wildman–Crippen MR) is 121 cm³/mol. The van der Waals surface area contributed by atoms with E-state index < -0.39 is 0 Å². The number of hydrogen-bond donors (Lipinski definition) is 1. The SMILES string of the molecule is COc1cc(C(=O)c2nc(Nc3ccc(C)cc3)nc3ccsc23)cc(OC)c1OC. The maximum Gasteiger partial charge on any atom is 0.228 e. The Morgan fingerprint density at radius 3 is 2.23 bits per heavy atom. The molecule has 0 saturated heterocycles. The minimum Gasteiger partial charge on any atom is -0.493 e. The van der Waals surface area contributed by atoms with Crippen molar-refractivity contribution < 1.29 is 19.0 Å². The van der Waals surface area contributed by atoms with Gasteiger partial charge in [-0.25, -0.2) is 9.97 Å². The van der Waals surface area contributed by atoms with Crippen molar-refractivity contribution in [2.45, 2.75) is 6.92 Å². The molecule has 2 heterocycles. The zero-order chi connectivity index (χ0) is 22.0. The van der Waals surface area contributed by atoms with Gasteiger partial charge in [0.05, 0.1) is 31.5 Å². The van der Waals surface area contributed by atoms with Crippen LogP contribution in [0, 0.1) is 6.92 Å². The molecule has 0 spiro atoms. The van der Waals surface area contributed by atoms with Crippen molar-refractivity contribution in [1.29, 1.82) is 0 Å². The Hall–Kier alpha value is -3.65. The number of nitrogens with one attached hydrogen (secondary N) is 1. The van der Waals surface area contributed by atoms with Gasteiger partial charge in [0.2, 0.25) is 17.5 Å². The lowest BCUT2D eigenvalue weighted by Crippen LogP contribution is -2.09. The van der Waals surface area contributed by atoms with Crippen LogP contribution < -0.4 is 19.5 Å². The number of methoxy groups -OCH3 is 3. The van der Waals surface area contributed by atoms with Crippen LogP contribution in [-0.4, -0.2) is 37.1 Å². The highest BCUT2D eigenvalue weighted by atomic mass is 32.1. The van der Waals surface area contributed by atoms with Crippen molar-refractivity contribution in [2.24, 2.45) is 0 Å². The van der Waals surface area contributed by atoms with Crippen LogP contribution in [-0.2, 0) is 0 Å². The highest BCUT2D eigenvalue weighted by molar-refractivity contribution is 7.17. The summed E-state index contributed by atoms with van der Waals surface area (Å²) in [5.74, 6) is 1.32. The van der Waals surface area contributed by atoms with Crippen molar-refractivity contribution in [3.8, 4) is 17.2 Å². The van der Waals surface area contributed by atoms with Crippen molar-refractivity contribution >= 4 is 39.0 Å². The summed E-state index contributed by atoms with van der Waals surface area (Å²) in [5, 5.41) is 5.07. The monoisotopic (exact) mass is 435 g/mol. The number of aromatic nitrogens is 2. The zero-order valence-electron chi connectivity index (χ0n) is 17.6. The van der Waals surface area contributed by atoms with Gasteiger partial charge in [0.25, 0.3) is 0 Å². The number of aryl methyl sites for hydroxylation is 1. The van der Waals surface area contributed by atoms with Gasteiger partial charge in [0.1, 0.15) is 5.69 Å². The van der Waals surface area contributed by atoms with Gasteiger partial charge in [0, 0.05) is 11.3 Å². The third-order valence-corrected chi connectivity index (χ3v) is 5.66. The number of benzene rings is 2. The molecule has 0 aliphatic heterocycles. The number of ether oxygens (including phenoxy) is 3. The molecule has 0 atom stereocenters. The van der Waals surface area contributed by atoms with E-state index in [2.05, 4.69) is 15.3 Å². The number of rotatable bonds is 7. The van der Waals surface area contributed by atoms with Crippen LogP contribution in [0.25, 0.3) is 10.2 Å². The summed E-state index contributed by atoms with van der Waals surface area (Å²) in [6.07, 6.45) is 0. The van der Waals surface area contributed by atoms with Crippen molar-refractivity contribution in [1.82, 2.24) is 9.97 Å². The molecule has 4 aromatic rings. The largest absolute Gasteiger partial charge is 0.493 e. The van der Waals surface area contributed by atoms with Gasteiger partial charge < -0.3 is 19.5 Å². The summed E-state index contributed by atoms with van der Waals surface area (Å²) in [6, 6.07) is 13.0. The topological polar surface area (TPSA) is 82.6 Å². The molecule has 0 radical (unpaired) electrons. The third kappa shape index (κ3) is 4.02. The van der Waals surface area contributed by atoms with Gasteiger partial charge in [-0.1, -0.05) is 17.7 Å². The molecule has 0 aliphatic carbocycles. The molecule has 31 heavy (non-hydrogen) atoms. The minimum atomic E-state index is -0.263. The van der Waals surface area contributed by atoms with Crippen molar-refractivity contribution in [3.63, 3.8) is 0 Å². The van der Waals surface area contributed by atoms with Gasteiger partial charge >= 0.3 is 0 Å². The first-order valence-electron chi connectivity index (χ1n) is 9.47. The lowest BCUT2D eigenvalue weighted by atomic mass is 10.1. The summed E-state index contributed by atoms with van der Waals surface area (Å²) in [7, 11) is 4.54. The normalized spacial score (nSPS) is 10.7. The Labute approximate surface area is 183 Å². The van der Waals surface area contributed by atoms with Crippen molar-refractivity contribution in [2.75, 3.05) is 26.6 Å². The van der Waals surface area contributed by atoms with E-state index in [1.165, 1.54) is 32.7 Å². The van der Waals surface area contributed by atoms with E-state index in [-0.39, 0.29) is 5.78 Å². The van der Waals surface area contributed by atoms with E-state index in [1.54, 1.807) is 12.1 Å². The number of anilines is 2. The molecular weight excluding hydrogens is 414 g/mol. The fraction of sp³-hybridized carbons (Fsp3) is 0.174. The average Bonchev–Trinajstić information content (AvgIpc) is 3.27. The number of ketones is 1. The second kappa shape index (κ2) is 8.61. The second-order valence-corrected chi connectivity index (χ2v) is 7.68. The fourth-order valence-electron chi connectivity index (χ4n) is 3.19. The summed E-state index contributed by atoms with van der Waals surface area (Å²) < 4.78 is 16.9. The molecule has 0 aliphatic rings. The summed E-state index contributed by atoms with van der Waals surface area (Å²) in [4.78, 5) is 22.6. The molecule has 0 amide bonds. The number of thiophene rings is 1. The maximum atomic E-state index is 13.5. The number of nitrogens with zero attached hydrogens (tertiary/aromatic N) is 2. The van der Waals surface area contributed by atoms with E-state index in [9.17, 15) is 4.79 Å². The lowest BCUT2D eigenvalue weighted by molar-refractivity contribution is 0.103. The molecule has 1 N–H and O–H groups in total. The van der Waals surface area contributed by atoms with Crippen LogP contribution in [0.1, 0.15) is 21.6 Å². The van der Waals surface area contributed by atoms with E-state index in [0.717, 1.165) is 11.3 Å². The smallest absolute Gasteiger partial charge is 0.228 e. The molecule has 0 saturated carbocycles. The highest BCUT2D eigenvalue weighted by Gasteiger charge is 2.22. The second-order valence-electron chi connectivity index (χ2n) is 6.76. The van der Waals surface area contributed by atoms with Gasteiger partial charge in [-0.15, -0.1) is 11.3 Å². The standard InChI is InChI=1S/C23H21N3O4S/c1-13-5-7-15(8-6-13)24-23-25-16-9-10-31-22(16)19(26-23)20(27)14-11-17(28-2)21(30-4)18(12-14)29-3/h5-12H,1-4H3,(H,24,25,26). The van der Waals surface area contributed by atoms with Gasteiger partial charge in [-0.05, 0) is 42.6 Å². The minimum absolute atomic E-state index is 0.263. The van der Waals surface area contributed by atoms with Crippen LogP contribution in [0.5, 0.6) is 17.2 Å². The number of carbonyl (C=O) groups is 1. The molecule has 158 valence electrons. The molecule has 8 heteroatoms. The highest BCUT2D eigenvalue weighted by Crippen LogP contribution is 2.39. The molecule has 0 fully saturated rings. The average molecular weight is 436 g/mol. The van der Waals surface area contributed by atoms with Gasteiger partial charge in [0.15, 0.2) is 11.5 Å². The predicted octanol–water partition coefficient (Wildman–Crippen LogP) is 5.00. The molecule has 2 aromatic heterocycles. The number of hydrogen-bond acceptors (Lipinski definition) is 8. The number of fused-ring (bicyclic) bond motifs is 1. The summed E-state index contributed by atoms with van der Waals surface area (Å²) in [5.41, 5.74) is 3.38.